The van der Waals surface area contributed by atoms with Crippen LogP contribution in [0.5, 0.6) is 0 Å². The van der Waals surface area contributed by atoms with Crippen molar-refractivity contribution in [1.29, 1.82) is 0 Å². The van der Waals surface area contributed by atoms with Crippen LogP contribution < -0.4 is 5.46 Å². The molecule has 88 valence electrons. The molecule has 0 aliphatic carbocycles. The molecule has 16 heavy (non-hydrogen) atoms. The number of hydrogen-bond donors (Lipinski definition) is 0. The highest BCUT2D eigenvalue weighted by Crippen LogP contribution is 2.37. The molecule has 0 atom stereocenters. The summed E-state index contributed by atoms with van der Waals surface area (Å²) in [5.74, 6) is 0. The van der Waals surface area contributed by atoms with Crippen LogP contribution in [0, 0.1) is 13.8 Å². The SMILES string of the molecule is Cc1cc(B2OC(C)(C)C(C)(C)O2)c(C)s1. The standard InChI is InChI=1S/C12H19BO2S/c1-8-7-10(9(2)16-8)13-14-11(3,4)12(5,6)15-13/h7H,1-6H3. The molecule has 2 heterocycles. The van der Waals surface area contributed by atoms with Crippen molar-refractivity contribution < 1.29 is 9.31 Å². The van der Waals surface area contributed by atoms with Crippen molar-refractivity contribution in [2.24, 2.45) is 0 Å². The predicted octanol–water partition coefficient (Wildman–Crippen LogP) is 2.66. The number of hydrogen-bond acceptors (Lipinski definition) is 3. The van der Waals surface area contributed by atoms with E-state index in [9.17, 15) is 0 Å². The first-order chi connectivity index (χ1) is 7.23. The molecule has 0 bridgehead atoms. The summed E-state index contributed by atoms with van der Waals surface area (Å²) in [5.41, 5.74) is 0.682. The molecule has 0 N–H and O–H groups in total. The fourth-order valence-electron chi connectivity index (χ4n) is 1.85. The maximum Gasteiger partial charge on any atom is 0.495 e. The quantitative estimate of drug-likeness (QED) is 0.700. The molecule has 1 fully saturated rings. The molecule has 2 nitrogen and oxygen atoms in total. The summed E-state index contributed by atoms with van der Waals surface area (Å²) in [5, 5.41) is 0. The lowest BCUT2D eigenvalue weighted by Gasteiger charge is -2.32. The molecule has 0 radical (unpaired) electrons. The average molecular weight is 238 g/mol. The Balaban J connectivity index is 2.30. The van der Waals surface area contributed by atoms with Gasteiger partial charge in [-0.05, 0) is 53.1 Å². The van der Waals surface area contributed by atoms with Crippen LogP contribution in [0.3, 0.4) is 0 Å². The summed E-state index contributed by atoms with van der Waals surface area (Å²) < 4.78 is 12.1. The zero-order chi connectivity index (χ0) is 12.1. The van der Waals surface area contributed by atoms with E-state index in [1.165, 1.54) is 15.2 Å². The van der Waals surface area contributed by atoms with Crippen LogP contribution in [0.1, 0.15) is 37.4 Å². The van der Waals surface area contributed by atoms with E-state index in [4.69, 9.17) is 9.31 Å². The van der Waals surface area contributed by atoms with Gasteiger partial charge in [-0.3, -0.25) is 0 Å². The summed E-state index contributed by atoms with van der Waals surface area (Å²) in [4.78, 5) is 2.60. The van der Waals surface area contributed by atoms with Crippen LogP contribution >= 0.6 is 11.3 Å². The van der Waals surface area contributed by atoms with Crippen molar-refractivity contribution in [3.8, 4) is 0 Å². The Bertz CT molecular complexity index is 393. The second kappa shape index (κ2) is 3.59. The molecule has 1 aliphatic heterocycles. The monoisotopic (exact) mass is 238 g/mol. The molecule has 0 aromatic carbocycles. The van der Waals surface area contributed by atoms with E-state index >= 15 is 0 Å². The highest BCUT2D eigenvalue weighted by atomic mass is 32.1. The fourth-order valence-corrected chi connectivity index (χ4v) is 2.80. The van der Waals surface area contributed by atoms with E-state index in [-0.39, 0.29) is 18.3 Å². The second-order valence-electron chi connectivity index (χ2n) is 5.46. The lowest BCUT2D eigenvalue weighted by Crippen LogP contribution is -2.41. The van der Waals surface area contributed by atoms with Crippen LogP contribution in [-0.4, -0.2) is 18.3 Å². The van der Waals surface area contributed by atoms with E-state index in [2.05, 4.69) is 47.6 Å². The molecule has 0 saturated carbocycles. The Kier molecular flexibility index (Phi) is 2.72. The first-order valence-electron chi connectivity index (χ1n) is 5.65. The normalized spacial score (nSPS) is 22.8. The maximum absolute atomic E-state index is 6.03. The van der Waals surface area contributed by atoms with Crippen LogP contribution in [0.4, 0.5) is 0 Å². The van der Waals surface area contributed by atoms with Gasteiger partial charge in [0.25, 0.3) is 0 Å². The van der Waals surface area contributed by atoms with Gasteiger partial charge in [-0.2, -0.15) is 0 Å². The zero-order valence-electron chi connectivity index (χ0n) is 10.9. The molecule has 1 saturated heterocycles. The van der Waals surface area contributed by atoms with Crippen molar-refractivity contribution in [1.82, 2.24) is 0 Å². The van der Waals surface area contributed by atoms with Gasteiger partial charge >= 0.3 is 7.12 Å². The molecule has 2 rings (SSSR count). The third-order valence-electron chi connectivity index (χ3n) is 3.59. The largest absolute Gasteiger partial charge is 0.495 e. The summed E-state index contributed by atoms with van der Waals surface area (Å²) in [6, 6.07) is 2.17. The van der Waals surface area contributed by atoms with Crippen molar-refractivity contribution in [3.63, 3.8) is 0 Å². The summed E-state index contributed by atoms with van der Waals surface area (Å²) >= 11 is 1.80. The highest BCUT2D eigenvalue weighted by Gasteiger charge is 2.52. The number of rotatable bonds is 1. The minimum Gasteiger partial charge on any atom is -0.399 e. The van der Waals surface area contributed by atoms with Gasteiger partial charge in [-0.15, -0.1) is 11.3 Å². The number of thiophene rings is 1. The van der Waals surface area contributed by atoms with Crippen molar-refractivity contribution in [3.05, 3.63) is 15.8 Å². The van der Waals surface area contributed by atoms with Crippen LogP contribution in [0.2, 0.25) is 0 Å². The Morgan fingerprint density at radius 1 is 1.06 bits per heavy atom. The summed E-state index contributed by atoms with van der Waals surface area (Å²) in [6.45, 7) is 12.6. The third kappa shape index (κ3) is 1.83. The van der Waals surface area contributed by atoms with Crippen LogP contribution in [0.25, 0.3) is 0 Å². The lowest BCUT2D eigenvalue weighted by molar-refractivity contribution is 0.00578. The van der Waals surface area contributed by atoms with Crippen LogP contribution in [-0.2, 0) is 9.31 Å². The maximum atomic E-state index is 6.03. The number of aryl methyl sites for hydroxylation is 2. The van der Waals surface area contributed by atoms with E-state index in [1.807, 2.05) is 0 Å². The minimum absolute atomic E-state index is 0.213. The van der Waals surface area contributed by atoms with Gasteiger partial charge in [0.2, 0.25) is 0 Å². The molecule has 1 aromatic rings. The van der Waals surface area contributed by atoms with Gasteiger partial charge in [0.1, 0.15) is 0 Å². The van der Waals surface area contributed by atoms with Gasteiger partial charge < -0.3 is 9.31 Å². The topological polar surface area (TPSA) is 18.5 Å². The Labute approximate surface area is 102 Å². The highest BCUT2D eigenvalue weighted by molar-refractivity contribution is 7.13. The molecule has 1 aliphatic rings. The smallest absolute Gasteiger partial charge is 0.399 e. The molecular weight excluding hydrogens is 219 g/mol. The van der Waals surface area contributed by atoms with Gasteiger partial charge in [-0.25, -0.2) is 0 Å². The van der Waals surface area contributed by atoms with E-state index in [0.717, 1.165) is 0 Å². The minimum atomic E-state index is -0.250. The van der Waals surface area contributed by atoms with Gasteiger partial charge in [0.05, 0.1) is 11.2 Å². The van der Waals surface area contributed by atoms with Gasteiger partial charge in [0.15, 0.2) is 0 Å². The first-order valence-corrected chi connectivity index (χ1v) is 6.47. The summed E-state index contributed by atoms with van der Waals surface area (Å²) in [6.07, 6.45) is 0. The average Bonchev–Trinajstić information content (AvgIpc) is 2.51. The van der Waals surface area contributed by atoms with Crippen molar-refractivity contribution in [2.45, 2.75) is 52.7 Å². The first kappa shape index (κ1) is 12.2. The molecule has 0 amide bonds. The van der Waals surface area contributed by atoms with Crippen molar-refractivity contribution in [2.75, 3.05) is 0 Å². The van der Waals surface area contributed by atoms with Crippen LogP contribution in [0.15, 0.2) is 6.07 Å². The van der Waals surface area contributed by atoms with Gasteiger partial charge in [0, 0.05) is 9.75 Å². The second-order valence-corrected chi connectivity index (χ2v) is 6.92. The van der Waals surface area contributed by atoms with E-state index in [1.54, 1.807) is 11.3 Å². The Morgan fingerprint density at radius 2 is 1.56 bits per heavy atom. The molecular formula is C12H19BO2S. The third-order valence-corrected chi connectivity index (χ3v) is 4.57. The summed E-state index contributed by atoms with van der Waals surface area (Å²) in [7, 11) is -0.213. The Hall–Kier alpha value is -0.315. The molecule has 0 spiro atoms. The predicted molar refractivity (Wildman–Crippen MR) is 69.5 cm³/mol. The van der Waals surface area contributed by atoms with Crippen molar-refractivity contribution >= 4 is 23.9 Å². The lowest BCUT2D eigenvalue weighted by atomic mass is 9.79. The molecule has 0 unspecified atom stereocenters. The van der Waals surface area contributed by atoms with Gasteiger partial charge in [-0.1, -0.05) is 0 Å². The Morgan fingerprint density at radius 3 is 1.94 bits per heavy atom. The van der Waals surface area contributed by atoms with E-state index < -0.39 is 0 Å². The molecule has 4 heteroatoms. The fraction of sp³-hybridized carbons (Fsp3) is 0.667. The zero-order valence-corrected chi connectivity index (χ0v) is 11.7. The molecule has 1 aromatic heterocycles. The van der Waals surface area contributed by atoms with E-state index in [0.29, 0.717) is 0 Å².